The molecule has 0 atom stereocenters. The first-order valence-electron chi connectivity index (χ1n) is 4.96. The van der Waals surface area contributed by atoms with Gasteiger partial charge >= 0.3 is 0 Å². The van der Waals surface area contributed by atoms with Gasteiger partial charge in [0, 0.05) is 18.3 Å². The summed E-state index contributed by atoms with van der Waals surface area (Å²) in [5.74, 6) is 1.64. The van der Waals surface area contributed by atoms with Gasteiger partial charge in [0.05, 0.1) is 0 Å². The molecule has 0 saturated heterocycles. The fourth-order valence-corrected chi connectivity index (χ4v) is 1.80. The molecule has 1 aromatic heterocycles. The van der Waals surface area contributed by atoms with Crippen LogP contribution < -0.4 is 0 Å². The first-order chi connectivity index (χ1) is 6.36. The summed E-state index contributed by atoms with van der Waals surface area (Å²) in [7, 11) is 0. The predicted octanol–water partition coefficient (Wildman–Crippen LogP) is 2.65. The summed E-state index contributed by atoms with van der Waals surface area (Å²) in [6.45, 7) is 2.03. The second-order valence-corrected chi connectivity index (χ2v) is 3.76. The molecule has 0 unspecified atom stereocenters. The van der Waals surface area contributed by atoms with Gasteiger partial charge in [-0.2, -0.15) is 0 Å². The Morgan fingerprint density at radius 1 is 1.15 bits per heavy atom. The fraction of sp³-hybridized carbons (Fsp3) is 0.545. The molecule has 1 radical (unpaired) electrons. The Kier molecular flexibility index (Phi) is 2.57. The molecule has 1 fully saturated rings. The minimum Gasteiger partial charge on any atom is -0.241 e. The highest BCUT2D eigenvalue weighted by Crippen LogP contribution is 2.29. The van der Waals surface area contributed by atoms with Crippen LogP contribution in [-0.4, -0.2) is 9.97 Å². The van der Waals surface area contributed by atoms with Crippen LogP contribution in [-0.2, 0) is 0 Å². The van der Waals surface area contributed by atoms with Crippen molar-refractivity contribution in [3.05, 3.63) is 30.2 Å². The van der Waals surface area contributed by atoms with Gasteiger partial charge in [-0.05, 0) is 44.6 Å². The Balaban J connectivity index is 2.10. The molecule has 1 aromatic rings. The highest BCUT2D eigenvalue weighted by Gasteiger charge is 2.17. The highest BCUT2D eigenvalue weighted by molar-refractivity contribution is 5.06. The van der Waals surface area contributed by atoms with Gasteiger partial charge in [0.25, 0.3) is 0 Å². The quantitative estimate of drug-likeness (QED) is 0.655. The second kappa shape index (κ2) is 3.86. The van der Waals surface area contributed by atoms with E-state index in [1.165, 1.54) is 25.7 Å². The second-order valence-electron chi connectivity index (χ2n) is 3.76. The van der Waals surface area contributed by atoms with Crippen LogP contribution in [0.1, 0.15) is 43.0 Å². The molecular formula is C11H15N2. The molecule has 2 rings (SSSR count). The van der Waals surface area contributed by atoms with Crippen molar-refractivity contribution in [3.8, 4) is 0 Å². The minimum atomic E-state index is 0.602. The van der Waals surface area contributed by atoms with Crippen molar-refractivity contribution < 1.29 is 0 Å². The number of rotatable bonds is 1. The van der Waals surface area contributed by atoms with Crippen molar-refractivity contribution in [2.45, 2.75) is 38.5 Å². The van der Waals surface area contributed by atoms with Gasteiger partial charge in [0.15, 0.2) is 0 Å². The molecule has 2 nitrogen and oxygen atoms in total. The third kappa shape index (κ3) is 2.06. The summed E-state index contributed by atoms with van der Waals surface area (Å²) in [5.41, 5.74) is 1.14. The molecule has 1 saturated carbocycles. The van der Waals surface area contributed by atoms with E-state index >= 15 is 0 Å². The predicted molar refractivity (Wildman–Crippen MR) is 52.3 cm³/mol. The molecule has 0 aliphatic heterocycles. The summed E-state index contributed by atoms with van der Waals surface area (Å²) in [5, 5.41) is 0. The van der Waals surface area contributed by atoms with E-state index in [-0.39, 0.29) is 0 Å². The molecule has 1 aliphatic rings. The van der Waals surface area contributed by atoms with Crippen LogP contribution in [0.4, 0.5) is 0 Å². The van der Waals surface area contributed by atoms with Gasteiger partial charge in [-0.1, -0.05) is 0 Å². The maximum Gasteiger partial charge on any atom is 0.131 e. The van der Waals surface area contributed by atoms with Crippen LogP contribution in [0.2, 0.25) is 0 Å². The number of aromatic nitrogens is 2. The van der Waals surface area contributed by atoms with Crippen molar-refractivity contribution in [2.24, 2.45) is 0 Å². The smallest absolute Gasteiger partial charge is 0.131 e. The van der Waals surface area contributed by atoms with Crippen molar-refractivity contribution >= 4 is 0 Å². The Morgan fingerprint density at radius 2 is 1.77 bits per heavy atom. The summed E-state index contributed by atoms with van der Waals surface area (Å²) in [6, 6.07) is 0. The van der Waals surface area contributed by atoms with E-state index in [4.69, 9.17) is 0 Å². The molecular weight excluding hydrogens is 160 g/mol. The monoisotopic (exact) mass is 175 g/mol. The lowest BCUT2D eigenvalue weighted by molar-refractivity contribution is 0.489. The Morgan fingerprint density at radius 3 is 2.38 bits per heavy atom. The lowest BCUT2D eigenvalue weighted by Gasteiger charge is -2.19. The molecule has 13 heavy (non-hydrogen) atoms. The number of nitrogens with zero attached hydrogens (tertiary/aromatic N) is 2. The number of hydrogen-bond donors (Lipinski definition) is 0. The van der Waals surface area contributed by atoms with Gasteiger partial charge in [-0.3, -0.25) is 0 Å². The first kappa shape index (κ1) is 8.67. The molecule has 0 aromatic carbocycles. The average molecular weight is 175 g/mol. The van der Waals surface area contributed by atoms with Gasteiger partial charge in [0.1, 0.15) is 5.82 Å². The van der Waals surface area contributed by atoms with Crippen LogP contribution in [0.3, 0.4) is 0 Å². The third-order valence-electron chi connectivity index (χ3n) is 2.60. The molecule has 0 bridgehead atoms. The maximum absolute atomic E-state index is 4.38. The van der Waals surface area contributed by atoms with Crippen LogP contribution in [0.15, 0.2) is 12.4 Å². The SMILES string of the molecule is Cc1cnc(C2CC[CH]CC2)nc1. The third-order valence-corrected chi connectivity index (χ3v) is 2.60. The van der Waals surface area contributed by atoms with E-state index < -0.39 is 0 Å². The molecule has 0 N–H and O–H groups in total. The standard InChI is InChI=1S/C11H15N2/c1-9-7-12-11(13-8-9)10-5-3-2-4-6-10/h2,7-8,10H,3-6H2,1H3. The number of aryl methyl sites for hydroxylation is 1. The van der Waals surface area contributed by atoms with Crippen LogP contribution in [0.25, 0.3) is 0 Å². The summed E-state index contributed by atoms with van der Waals surface area (Å²) in [4.78, 5) is 8.75. The van der Waals surface area contributed by atoms with E-state index in [1.54, 1.807) is 0 Å². The van der Waals surface area contributed by atoms with Crippen LogP contribution in [0, 0.1) is 13.3 Å². The Bertz CT molecular complexity index is 260. The summed E-state index contributed by atoms with van der Waals surface area (Å²) in [6.07, 6.45) is 11.1. The van der Waals surface area contributed by atoms with E-state index in [0.717, 1.165) is 11.4 Å². The minimum absolute atomic E-state index is 0.602. The van der Waals surface area contributed by atoms with E-state index in [9.17, 15) is 0 Å². The lowest BCUT2D eigenvalue weighted by atomic mass is 9.89. The topological polar surface area (TPSA) is 25.8 Å². The largest absolute Gasteiger partial charge is 0.241 e. The summed E-state index contributed by atoms with van der Waals surface area (Å²) >= 11 is 0. The normalized spacial score (nSPS) is 18.8. The molecule has 1 heterocycles. The van der Waals surface area contributed by atoms with Gasteiger partial charge in [0.2, 0.25) is 0 Å². The van der Waals surface area contributed by atoms with Crippen molar-refractivity contribution in [3.63, 3.8) is 0 Å². The lowest BCUT2D eigenvalue weighted by Crippen LogP contribution is -2.08. The molecule has 0 spiro atoms. The summed E-state index contributed by atoms with van der Waals surface area (Å²) < 4.78 is 0. The van der Waals surface area contributed by atoms with Crippen molar-refractivity contribution in [1.82, 2.24) is 9.97 Å². The van der Waals surface area contributed by atoms with Crippen LogP contribution >= 0.6 is 0 Å². The van der Waals surface area contributed by atoms with Crippen molar-refractivity contribution in [1.29, 1.82) is 0 Å². The van der Waals surface area contributed by atoms with Crippen LogP contribution in [0.5, 0.6) is 0 Å². The maximum atomic E-state index is 4.38. The first-order valence-corrected chi connectivity index (χ1v) is 4.96. The van der Waals surface area contributed by atoms with Crippen molar-refractivity contribution in [2.75, 3.05) is 0 Å². The molecule has 69 valence electrons. The Labute approximate surface area is 79.4 Å². The zero-order valence-electron chi connectivity index (χ0n) is 8.03. The fourth-order valence-electron chi connectivity index (χ4n) is 1.80. The average Bonchev–Trinajstić information content (AvgIpc) is 2.20. The van der Waals surface area contributed by atoms with Gasteiger partial charge in [-0.25, -0.2) is 9.97 Å². The zero-order chi connectivity index (χ0) is 9.10. The van der Waals surface area contributed by atoms with Gasteiger partial charge < -0.3 is 0 Å². The van der Waals surface area contributed by atoms with E-state index in [0.29, 0.717) is 5.92 Å². The highest BCUT2D eigenvalue weighted by atomic mass is 14.9. The molecule has 2 heteroatoms. The molecule has 1 aliphatic carbocycles. The Hall–Kier alpha value is -0.920. The van der Waals surface area contributed by atoms with Gasteiger partial charge in [-0.15, -0.1) is 0 Å². The molecule has 0 amide bonds. The number of hydrogen-bond acceptors (Lipinski definition) is 2. The zero-order valence-corrected chi connectivity index (χ0v) is 8.03. The van der Waals surface area contributed by atoms with E-state index in [1.807, 2.05) is 19.3 Å². The van der Waals surface area contributed by atoms with E-state index in [2.05, 4.69) is 16.4 Å².